The summed E-state index contributed by atoms with van der Waals surface area (Å²) < 4.78 is 7.67. The van der Waals surface area contributed by atoms with Crippen LogP contribution in [0.3, 0.4) is 0 Å². The number of nitrogens with zero attached hydrogens (tertiary/aromatic N) is 2. The highest BCUT2D eigenvalue weighted by Crippen LogP contribution is 2.23. The number of imidazole rings is 1. The van der Waals surface area contributed by atoms with Gasteiger partial charge in [0.15, 0.2) is 0 Å². The summed E-state index contributed by atoms with van der Waals surface area (Å²) in [6, 6.07) is 16.1. The third-order valence-corrected chi connectivity index (χ3v) is 5.21. The van der Waals surface area contributed by atoms with Gasteiger partial charge in [0.25, 0.3) is 0 Å². The fourth-order valence-corrected chi connectivity index (χ4v) is 3.47. The third kappa shape index (κ3) is 7.59. The van der Waals surface area contributed by atoms with E-state index in [1.54, 1.807) is 0 Å². The Labute approximate surface area is 200 Å². The molecule has 0 amide bonds. The van der Waals surface area contributed by atoms with Crippen LogP contribution in [-0.2, 0) is 16.1 Å². The van der Waals surface area contributed by atoms with Crippen LogP contribution in [0, 0.1) is 0 Å². The monoisotopic (exact) mass is 458 g/mol. The van der Waals surface area contributed by atoms with Gasteiger partial charge >= 0.3 is 5.97 Å². The van der Waals surface area contributed by atoms with Crippen molar-refractivity contribution in [3.8, 4) is 16.9 Å². The quantitative estimate of drug-likeness (QED) is 0.252. The average molecular weight is 459 g/mol. The maximum atomic E-state index is 10.6. The number of aliphatic carboxylic acids is 1. The van der Waals surface area contributed by atoms with Gasteiger partial charge in [-0.1, -0.05) is 48.6 Å². The number of rotatable bonds is 13. The number of benzene rings is 2. The summed E-state index contributed by atoms with van der Waals surface area (Å²) in [6.07, 6.45) is 12.8. The van der Waals surface area contributed by atoms with Crippen LogP contribution in [0.25, 0.3) is 29.4 Å². The van der Waals surface area contributed by atoms with Crippen molar-refractivity contribution in [2.24, 2.45) is 0 Å². The predicted octanol–water partition coefficient (Wildman–Crippen LogP) is 5.98. The molecule has 0 aliphatic rings. The number of carboxylic acid groups (broad SMARTS) is 1. The summed E-state index contributed by atoms with van der Waals surface area (Å²) in [5.74, 6) is 0.784. The van der Waals surface area contributed by atoms with Crippen molar-refractivity contribution in [2.45, 2.75) is 39.2 Å². The molecule has 0 radical (unpaired) electrons. The molecule has 1 aromatic heterocycles. The first-order chi connectivity index (χ1) is 16.6. The molecule has 1 N–H and O–H groups in total. The molecule has 6 heteroatoms. The molecule has 0 atom stereocenters. The lowest BCUT2D eigenvalue weighted by atomic mass is 10.0. The molecule has 0 fully saturated rings. The number of allylic oxidation sites excluding steroid dienone is 1. The minimum atomic E-state index is -0.810. The fraction of sp³-hybridized carbons (Fsp3) is 0.250. The first kappa shape index (κ1) is 24.7. The summed E-state index contributed by atoms with van der Waals surface area (Å²) in [5, 5.41) is 8.68. The molecule has 3 aromatic rings. The van der Waals surface area contributed by atoms with Gasteiger partial charge in [0.1, 0.15) is 17.9 Å². The molecule has 0 bridgehead atoms. The number of ether oxygens (including phenoxy) is 1. The van der Waals surface area contributed by atoms with Crippen LogP contribution in [0.5, 0.6) is 5.75 Å². The Morgan fingerprint density at radius 2 is 1.71 bits per heavy atom. The lowest BCUT2D eigenvalue weighted by Crippen LogP contribution is -2.01. The van der Waals surface area contributed by atoms with Crippen LogP contribution >= 0.6 is 0 Å². The molecule has 176 valence electrons. The number of carbonyl (C=O) groups is 2. The van der Waals surface area contributed by atoms with Gasteiger partial charge in [0.2, 0.25) is 0 Å². The van der Waals surface area contributed by atoms with Gasteiger partial charge in [-0.3, -0.25) is 4.79 Å². The average Bonchev–Trinajstić information content (AvgIpc) is 3.23. The molecule has 0 saturated heterocycles. The SMILES string of the molecule is C/C=C/c1cn(CCCC=O)c(/C=C/c2ccc(-c3ccc(OCCCC(=O)O)cc3)cc2)n1. The maximum Gasteiger partial charge on any atom is 0.303 e. The molecule has 2 aromatic carbocycles. The summed E-state index contributed by atoms with van der Waals surface area (Å²) in [7, 11) is 0. The van der Waals surface area contributed by atoms with Crippen LogP contribution in [-0.4, -0.2) is 33.5 Å². The Hall–Kier alpha value is -3.93. The number of hydrogen-bond donors (Lipinski definition) is 1. The minimum absolute atomic E-state index is 0.109. The van der Waals surface area contributed by atoms with E-state index < -0.39 is 5.97 Å². The summed E-state index contributed by atoms with van der Waals surface area (Å²) in [4.78, 5) is 25.9. The number of aldehydes is 1. The molecule has 0 saturated carbocycles. The molecule has 6 nitrogen and oxygen atoms in total. The Morgan fingerprint density at radius 3 is 2.35 bits per heavy atom. The number of unbranched alkanes of at least 4 members (excludes halogenated alkanes) is 1. The first-order valence-electron chi connectivity index (χ1n) is 11.5. The summed E-state index contributed by atoms with van der Waals surface area (Å²) >= 11 is 0. The van der Waals surface area contributed by atoms with E-state index in [1.807, 2.05) is 61.7 Å². The van der Waals surface area contributed by atoms with Crippen LogP contribution < -0.4 is 4.74 Å². The van der Waals surface area contributed by atoms with Crippen molar-refractivity contribution in [3.05, 3.63) is 77.9 Å². The largest absolute Gasteiger partial charge is 0.494 e. The molecule has 3 rings (SSSR count). The molecule has 34 heavy (non-hydrogen) atoms. The van der Waals surface area contributed by atoms with Gasteiger partial charge in [-0.2, -0.15) is 0 Å². The Morgan fingerprint density at radius 1 is 1.00 bits per heavy atom. The minimum Gasteiger partial charge on any atom is -0.494 e. The zero-order valence-corrected chi connectivity index (χ0v) is 19.4. The smallest absolute Gasteiger partial charge is 0.303 e. The highest BCUT2D eigenvalue weighted by Gasteiger charge is 2.04. The van der Waals surface area contributed by atoms with Crippen LogP contribution in [0.2, 0.25) is 0 Å². The zero-order chi connectivity index (χ0) is 24.2. The number of aromatic nitrogens is 2. The van der Waals surface area contributed by atoms with E-state index in [2.05, 4.69) is 33.8 Å². The lowest BCUT2D eigenvalue weighted by Gasteiger charge is -2.07. The maximum absolute atomic E-state index is 10.6. The second kappa shape index (κ2) is 12.9. The molecule has 0 spiro atoms. The van der Waals surface area contributed by atoms with Gasteiger partial charge in [-0.05, 0) is 60.7 Å². The van der Waals surface area contributed by atoms with E-state index in [4.69, 9.17) is 9.84 Å². The van der Waals surface area contributed by atoms with E-state index >= 15 is 0 Å². The molecule has 0 unspecified atom stereocenters. The van der Waals surface area contributed by atoms with E-state index in [0.717, 1.165) is 53.2 Å². The highest BCUT2D eigenvalue weighted by molar-refractivity contribution is 5.71. The van der Waals surface area contributed by atoms with Crippen molar-refractivity contribution in [1.82, 2.24) is 9.55 Å². The number of carbonyl (C=O) groups excluding carboxylic acids is 1. The van der Waals surface area contributed by atoms with Gasteiger partial charge in [-0.15, -0.1) is 0 Å². The Bertz CT molecular complexity index is 1130. The number of carboxylic acids is 1. The molecule has 0 aliphatic carbocycles. The van der Waals surface area contributed by atoms with Crippen molar-refractivity contribution in [2.75, 3.05) is 6.61 Å². The van der Waals surface area contributed by atoms with Crippen molar-refractivity contribution >= 4 is 30.5 Å². The normalized spacial score (nSPS) is 11.3. The number of aryl methyl sites for hydroxylation is 1. The van der Waals surface area contributed by atoms with E-state index in [-0.39, 0.29) is 6.42 Å². The van der Waals surface area contributed by atoms with Crippen LogP contribution in [0.15, 0.2) is 60.8 Å². The van der Waals surface area contributed by atoms with Crippen molar-refractivity contribution < 1.29 is 19.4 Å². The third-order valence-electron chi connectivity index (χ3n) is 5.21. The number of hydrogen-bond acceptors (Lipinski definition) is 4. The van der Waals surface area contributed by atoms with Crippen molar-refractivity contribution in [3.63, 3.8) is 0 Å². The molecule has 0 aliphatic heterocycles. The summed E-state index contributed by atoms with van der Waals surface area (Å²) in [6.45, 7) is 3.10. The lowest BCUT2D eigenvalue weighted by molar-refractivity contribution is -0.137. The summed E-state index contributed by atoms with van der Waals surface area (Å²) in [5.41, 5.74) is 4.14. The topological polar surface area (TPSA) is 81.4 Å². The van der Waals surface area contributed by atoms with Gasteiger partial charge in [-0.25, -0.2) is 4.98 Å². The van der Waals surface area contributed by atoms with E-state index in [0.29, 0.717) is 19.4 Å². The molecule has 1 heterocycles. The second-order valence-electron chi connectivity index (χ2n) is 7.85. The fourth-order valence-electron chi connectivity index (χ4n) is 3.47. The Balaban J connectivity index is 1.63. The van der Waals surface area contributed by atoms with E-state index in [1.165, 1.54) is 0 Å². The second-order valence-corrected chi connectivity index (χ2v) is 7.85. The van der Waals surface area contributed by atoms with Gasteiger partial charge in [0.05, 0.1) is 12.3 Å². The zero-order valence-electron chi connectivity index (χ0n) is 19.4. The van der Waals surface area contributed by atoms with Crippen molar-refractivity contribution in [1.29, 1.82) is 0 Å². The molecular weight excluding hydrogens is 428 g/mol. The Kier molecular flexibility index (Phi) is 9.40. The van der Waals surface area contributed by atoms with Crippen LogP contribution in [0.4, 0.5) is 0 Å². The standard InChI is InChI=1S/C28H30N2O4/c1-2-6-25-21-30(18-3-4-19-31)27(29-25)17-10-22-8-11-23(12-9-22)24-13-15-26(16-14-24)34-20-5-7-28(32)33/h2,6,8-17,19,21H,3-5,7,18,20H2,1H3,(H,32,33)/b6-2+,17-10+. The predicted molar refractivity (Wildman–Crippen MR) is 135 cm³/mol. The van der Waals surface area contributed by atoms with Gasteiger partial charge in [0, 0.05) is 25.6 Å². The molecular formula is C28H30N2O4. The van der Waals surface area contributed by atoms with Gasteiger partial charge < -0.3 is 19.2 Å². The van der Waals surface area contributed by atoms with Crippen LogP contribution in [0.1, 0.15) is 49.7 Å². The highest BCUT2D eigenvalue weighted by atomic mass is 16.5. The van der Waals surface area contributed by atoms with E-state index in [9.17, 15) is 9.59 Å². The first-order valence-corrected chi connectivity index (χ1v) is 11.5.